The highest BCUT2D eigenvalue weighted by Gasteiger charge is 2.16. The fraction of sp³-hybridized carbons (Fsp3) is 0.500. The summed E-state index contributed by atoms with van der Waals surface area (Å²) >= 11 is 0. The van der Waals surface area contributed by atoms with Gasteiger partial charge in [0.05, 0.1) is 0 Å². The minimum absolute atomic E-state index is 0.689. The summed E-state index contributed by atoms with van der Waals surface area (Å²) in [7, 11) is 0. The van der Waals surface area contributed by atoms with Crippen LogP contribution in [0.4, 0.5) is 0 Å². The summed E-state index contributed by atoms with van der Waals surface area (Å²) in [5.74, 6) is 0.689. The lowest BCUT2D eigenvalue weighted by Gasteiger charge is -2.08. The maximum atomic E-state index is 6.95. The Balaban J connectivity index is 2.60. The Bertz CT molecular complexity index is 173. The SMILES string of the molecule is C=C/C(=C\C=N)C1CCCC1. The van der Waals surface area contributed by atoms with Crippen molar-refractivity contribution in [3.05, 3.63) is 24.3 Å². The van der Waals surface area contributed by atoms with E-state index >= 15 is 0 Å². The predicted octanol–water partition coefficient (Wildman–Crippen LogP) is 2.94. The van der Waals surface area contributed by atoms with Gasteiger partial charge in [-0.3, -0.25) is 0 Å². The lowest BCUT2D eigenvalue weighted by molar-refractivity contribution is 0.659. The number of nitrogens with one attached hydrogen (secondary N) is 1. The van der Waals surface area contributed by atoms with Gasteiger partial charge in [0.2, 0.25) is 0 Å². The van der Waals surface area contributed by atoms with Crippen molar-refractivity contribution in [2.24, 2.45) is 5.92 Å². The van der Waals surface area contributed by atoms with E-state index < -0.39 is 0 Å². The van der Waals surface area contributed by atoms with Gasteiger partial charge in [0, 0.05) is 6.21 Å². The van der Waals surface area contributed by atoms with Crippen molar-refractivity contribution in [2.45, 2.75) is 25.7 Å². The molecule has 0 aliphatic heterocycles. The summed E-state index contributed by atoms with van der Waals surface area (Å²) in [5.41, 5.74) is 1.25. The van der Waals surface area contributed by atoms with E-state index in [0.717, 1.165) is 0 Å². The topological polar surface area (TPSA) is 23.9 Å². The lowest BCUT2D eigenvalue weighted by atomic mass is 9.97. The van der Waals surface area contributed by atoms with Crippen molar-refractivity contribution in [2.75, 3.05) is 0 Å². The molecule has 60 valence electrons. The van der Waals surface area contributed by atoms with E-state index in [-0.39, 0.29) is 0 Å². The zero-order valence-electron chi connectivity index (χ0n) is 6.84. The number of hydrogen-bond donors (Lipinski definition) is 1. The van der Waals surface area contributed by atoms with Crippen LogP contribution in [-0.4, -0.2) is 6.21 Å². The average molecular weight is 149 g/mol. The first-order valence-corrected chi connectivity index (χ1v) is 4.21. The van der Waals surface area contributed by atoms with E-state index in [0.29, 0.717) is 5.92 Å². The normalized spacial score (nSPS) is 20.2. The van der Waals surface area contributed by atoms with Gasteiger partial charge in [-0.15, -0.1) is 0 Å². The number of rotatable bonds is 3. The first-order chi connectivity index (χ1) is 5.38. The molecule has 1 nitrogen and oxygen atoms in total. The van der Waals surface area contributed by atoms with E-state index in [1.165, 1.54) is 37.5 Å². The Hall–Kier alpha value is -0.850. The molecule has 0 aromatic carbocycles. The van der Waals surface area contributed by atoms with Gasteiger partial charge < -0.3 is 5.41 Å². The van der Waals surface area contributed by atoms with Crippen LogP contribution in [0.1, 0.15) is 25.7 Å². The van der Waals surface area contributed by atoms with Gasteiger partial charge in [-0.25, -0.2) is 0 Å². The van der Waals surface area contributed by atoms with Gasteiger partial charge in [-0.1, -0.05) is 25.5 Å². The van der Waals surface area contributed by atoms with E-state index in [2.05, 4.69) is 6.58 Å². The van der Waals surface area contributed by atoms with Crippen LogP contribution in [-0.2, 0) is 0 Å². The fourth-order valence-corrected chi connectivity index (χ4v) is 1.73. The van der Waals surface area contributed by atoms with Gasteiger partial charge in [0.25, 0.3) is 0 Å². The van der Waals surface area contributed by atoms with Crippen LogP contribution in [0.3, 0.4) is 0 Å². The molecule has 0 saturated heterocycles. The maximum Gasteiger partial charge on any atom is 0.0180 e. The molecule has 0 aromatic rings. The van der Waals surface area contributed by atoms with Crippen LogP contribution >= 0.6 is 0 Å². The minimum atomic E-state index is 0.689. The third-order valence-electron chi connectivity index (χ3n) is 2.34. The molecule has 1 heteroatoms. The summed E-state index contributed by atoms with van der Waals surface area (Å²) in [6, 6.07) is 0. The molecule has 0 radical (unpaired) electrons. The Morgan fingerprint density at radius 3 is 2.45 bits per heavy atom. The fourth-order valence-electron chi connectivity index (χ4n) is 1.73. The molecule has 0 bridgehead atoms. The van der Waals surface area contributed by atoms with Crippen molar-refractivity contribution in [3.8, 4) is 0 Å². The molecule has 0 unspecified atom stereocenters. The molecule has 0 heterocycles. The van der Waals surface area contributed by atoms with Gasteiger partial charge >= 0.3 is 0 Å². The molecule has 1 rings (SSSR count). The summed E-state index contributed by atoms with van der Waals surface area (Å²) in [6.07, 6.45) is 10.4. The number of allylic oxidation sites excluding steroid dienone is 3. The van der Waals surface area contributed by atoms with E-state index in [9.17, 15) is 0 Å². The molecule has 0 amide bonds. The molecule has 1 aliphatic rings. The van der Waals surface area contributed by atoms with E-state index in [1.54, 1.807) is 0 Å². The monoisotopic (exact) mass is 149 g/mol. The van der Waals surface area contributed by atoms with Crippen LogP contribution in [0.2, 0.25) is 0 Å². The third kappa shape index (κ3) is 2.04. The molecule has 0 spiro atoms. The van der Waals surface area contributed by atoms with Gasteiger partial charge in [0.1, 0.15) is 0 Å². The highest BCUT2D eigenvalue weighted by molar-refractivity contribution is 5.70. The average Bonchev–Trinajstić information content (AvgIpc) is 2.52. The second kappa shape index (κ2) is 4.12. The molecule has 1 fully saturated rings. The zero-order valence-corrected chi connectivity index (χ0v) is 6.84. The van der Waals surface area contributed by atoms with Crippen LogP contribution in [0.25, 0.3) is 0 Å². The summed E-state index contributed by atoms with van der Waals surface area (Å²) in [6.45, 7) is 3.75. The molecule has 0 aromatic heterocycles. The van der Waals surface area contributed by atoms with E-state index in [4.69, 9.17) is 5.41 Å². The Morgan fingerprint density at radius 2 is 2.00 bits per heavy atom. The van der Waals surface area contributed by atoms with Gasteiger partial charge in [0.15, 0.2) is 0 Å². The van der Waals surface area contributed by atoms with Crippen molar-refractivity contribution in [1.82, 2.24) is 0 Å². The van der Waals surface area contributed by atoms with Crippen molar-refractivity contribution in [3.63, 3.8) is 0 Å². The summed E-state index contributed by atoms with van der Waals surface area (Å²) in [4.78, 5) is 0. The minimum Gasteiger partial charge on any atom is -0.309 e. The second-order valence-electron chi connectivity index (χ2n) is 3.02. The first-order valence-electron chi connectivity index (χ1n) is 4.21. The van der Waals surface area contributed by atoms with Crippen LogP contribution in [0.5, 0.6) is 0 Å². The number of hydrogen-bond acceptors (Lipinski definition) is 1. The first kappa shape index (κ1) is 8.25. The third-order valence-corrected chi connectivity index (χ3v) is 2.34. The van der Waals surface area contributed by atoms with Crippen LogP contribution < -0.4 is 0 Å². The molecule has 1 saturated carbocycles. The second-order valence-corrected chi connectivity index (χ2v) is 3.02. The highest BCUT2D eigenvalue weighted by Crippen LogP contribution is 2.31. The smallest absolute Gasteiger partial charge is 0.0180 e. The van der Waals surface area contributed by atoms with Crippen LogP contribution in [0, 0.1) is 11.3 Å². The highest BCUT2D eigenvalue weighted by atomic mass is 14.3. The largest absolute Gasteiger partial charge is 0.309 e. The Kier molecular flexibility index (Phi) is 3.09. The van der Waals surface area contributed by atoms with Crippen molar-refractivity contribution < 1.29 is 0 Å². The Morgan fingerprint density at radius 1 is 1.36 bits per heavy atom. The van der Waals surface area contributed by atoms with Gasteiger partial charge in [-0.2, -0.15) is 0 Å². The zero-order chi connectivity index (χ0) is 8.10. The quantitative estimate of drug-likeness (QED) is 0.471. The molecule has 1 N–H and O–H groups in total. The Labute approximate surface area is 68.3 Å². The molecular formula is C10H15N. The van der Waals surface area contributed by atoms with Crippen LogP contribution in [0.15, 0.2) is 24.3 Å². The standard InChI is InChI=1S/C10H15N/c1-2-9(7-8-11)10-5-3-4-6-10/h2,7-8,10-11H,1,3-6H2/b9-7+,11-8?. The predicted molar refractivity (Wildman–Crippen MR) is 49.0 cm³/mol. The molecule has 11 heavy (non-hydrogen) atoms. The lowest BCUT2D eigenvalue weighted by Crippen LogP contribution is -1.95. The summed E-state index contributed by atoms with van der Waals surface area (Å²) < 4.78 is 0. The van der Waals surface area contributed by atoms with Crippen molar-refractivity contribution in [1.29, 1.82) is 5.41 Å². The molecular weight excluding hydrogens is 134 g/mol. The summed E-state index contributed by atoms with van der Waals surface area (Å²) in [5, 5.41) is 6.95. The van der Waals surface area contributed by atoms with Crippen molar-refractivity contribution >= 4 is 6.21 Å². The van der Waals surface area contributed by atoms with E-state index in [1.807, 2.05) is 12.2 Å². The molecule has 1 aliphatic carbocycles. The van der Waals surface area contributed by atoms with Gasteiger partial charge in [-0.05, 0) is 30.4 Å². The maximum absolute atomic E-state index is 6.95. The molecule has 0 atom stereocenters.